The molecule has 3 nitrogen and oxygen atoms in total. The van der Waals surface area contributed by atoms with Gasteiger partial charge in [-0.1, -0.05) is 23.7 Å². The van der Waals surface area contributed by atoms with Crippen molar-refractivity contribution in [3.8, 4) is 0 Å². The smallest absolute Gasteiger partial charge is 0.237 e. The van der Waals surface area contributed by atoms with Crippen LogP contribution in [0.2, 0.25) is 5.02 Å². The van der Waals surface area contributed by atoms with Crippen LogP contribution in [-0.4, -0.2) is 29.9 Å². The van der Waals surface area contributed by atoms with E-state index in [0.29, 0.717) is 6.04 Å². The third kappa shape index (κ3) is 3.72. The molecule has 1 amide bonds. The van der Waals surface area contributed by atoms with Crippen LogP contribution >= 0.6 is 11.6 Å². The second-order valence-electron chi connectivity index (χ2n) is 5.00. The third-order valence-electron chi connectivity index (χ3n) is 3.29. The van der Waals surface area contributed by atoms with Gasteiger partial charge in [0.15, 0.2) is 0 Å². The zero-order chi connectivity index (χ0) is 13.1. The van der Waals surface area contributed by atoms with E-state index in [1.54, 1.807) is 0 Å². The first-order chi connectivity index (χ1) is 8.56. The average Bonchev–Trinajstić information content (AvgIpc) is 3.11. The summed E-state index contributed by atoms with van der Waals surface area (Å²) in [4.78, 5) is 13.9. The lowest BCUT2D eigenvalue weighted by molar-refractivity contribution is -0.125. The molecule has 18 heavy (non-hydrogen) atoms. The first-order valence-corrected chi connectivity index (χ1v) is 6.69. The zero-order valence-electron chi connectivity index (χ0n) is 10.8. The van der Waals surface area contributed by atoms with Crippen LogP contribution in [0.25, 0.3) is 0 Å². The number of rotatable bonds is 5. The summed E-state index contributed by atoms with van der Waals surface area (Å²) in [6.07, 6.45) is 2.24. The number of hydrogen-bond acceptors (Lipinski definition) is 2. The summed E-state index contributed by atoms with van der Waals surface area (Å²) in [5, 5.41) is 3.76. The predicted octanol–water partition coefficient (Wildman–Crippen LogP) is 2.44. The highest BCUT2D eigenvalue weighted by atomic mass is 35.5. The fraction of sp³-hybridized carbons (Fsp3) is 0.500. The summed E-state index contributed by atoms with van der Waals surface area (Å²) in [7, 11) is 1.96. The molecule has 1 aliphatic rings. The number of nitrogens with one attached hydrogen (secondary N) is 1. The molecule has 1 aromatic rings. The second kappa shape index (κ2) is 5.72. The Bertz CT molecular complexity index is 432. The monoisotopic (exact) mass is 266 g/mol. The summed E-state index contributed by atoms with van der Waals surface area (Å²) < 4.78 is 0. The molecule has 1 N–H and O–H groups in total. The van der Waals surface area contributed by atoms with Gasteiger partial charge in [0.25, 0.3) is 0 Å². The summed E-state index contributed by atoms with van der Waals surface area (Å²) >= 11 is 5.95. The van der Waals surface area contributed by atoms with Gasteiger partial charge in [-0.3, -0.25) is 9.69 Å². The lowest BCUT2D eigenvalue weighted by Gasteiger charge is -2.24. The summed E-state index contributed by atoms with van der Waals surface area (Å²) in [6.45, 7) is 2.65. The zero-order valence-corrected chi connectivity index (χ0v) is 11.6. The van der Waals surface area contributed by atoms with Crippen LogP contribution in [-0.2, 0) is 11.3 Å². The Balaban J connectivity index is 1.89. The normalized spacial score (nSPS) is 16.7. The number of hydrogen-bond donors (Lipinski definition) is 1. The Morgan fingerprint density at radius 2 is 2.28 bits per heavy atom. The number of likely N-dealkylation sites (N-methyl/N-ethyl adjacent to an activating group) is 1. The molecule has 0 radical (unpaired) electrons. The molecule has 1 fully saturated rings. The average molecular weight is 267 g/mol. The lowest BCUT2D eigenvalue weighted by atomic mass is 10.2. The molecule has 0 spiro atoms. The minimum atomic E-state index is -0.121. The van der Waals surface area contributed by atoms with E-state index in [-0.39, 0.29) is 11.9 Å². The summed E-state index contributed by atoms with van der Waals surface area (Å²) in [5.41, 5.74) is 1.12. The van der Waals surface area contributed by atoms with Gasteiger partial charge >= 0.3 is 0 Å². The number of nitrogens with zero attached hydrogens (tertiary/aromatic N) is 1. The molecule has 0 aromatic heterocycles. The van der Waals surface area contributed by atoms with E-state index in [2.05, 4.69) is 5.32 Å². The molecule has 1 aliphatic carbocycles. The Morgan fingerprint density at radius 1 is 1.56 bits per heavy atom. The fourth-order valence-electron chi connectivity index (χ4n) is 1.81. The van der Waals surface area contributed by atoms with E-state index >= 15 is 0 Å². The van der Waals surface area contributed by atoms with Crippen molar-refractivity contribution in [2.24, 2.45) is 0 Å². The molecule has 1 aromatic carbocycles. The molecule has 0 saturated heterocycles. The van der Waals surface area contributed by atoms with Crippen molar-refractivity contribution in [2.45, 2.75) is 38.4 Å². The van der Waals surface area contributed by atoms with Gasteiger partial charge in [-0.05, 0) is 44.5 Å². The topological polar surface area (TPSA) is 32.3 Å². The number of amides is 1. The molecule has 1 saturated carbocycles. The maximum Gasteiger partial charge on any atom is 0.237 e. The van der Waals surface area contributed by atoms with Crippen molar-refractivity contribution in [1.29, 1.82) is 0 Å². The standard InChI is InChI=1S/C14H19ClN2O/c1-10(14(18)16-13-6-7-13)17(2)9-11-4-3-5-12(15)8-11/h3-5,8,10,13H,6-7,9H2,1-2H3,(H,16,18)/t10-/m0/s1. The predicted molar refractivity (Wildman–Crippen MR) is 73.5 cm³/mol. The molecular formula is C14H19ClN2O. The quantitative estimate of drug-likeness (QED) is 0.888. The van der Waals surface area contributed by atoms with Crippen LogP contribution in [0.15, 0.2) is 24.3 Å². The molecule has 0 heterocycles. The highest BCUT2D eigenvalue weighted by molar-refractivity contribution is 6.30. The first-order valence-electron chi connectivity index (χ1n) is 6.31. The van der Waals surface area contributed by atoms with Crippen molar-refractivity contribution in [1.82, 2.24) is 10.2 Å². The van der Waals surface area contributed by atoms with Gasteiger partial charge in [0, 0.05) is 17.6 Å². The van der Waals surface area contributed by atoms with Gasteiger partial charge < -0.3 is 5.32 Å². The van der Waals surface area contributed by atoms with Crippen molar-refractivity contribution < 1.29 is 4.79 Å². The van der Waals surface area contributed by atoms with Crippen molar-refractivity contribution >= 4 is 17.5 Å². The first kappa shape index (κ1) is 13.4. The van der Waals surface area contributed by atoms with Gasteiger partial charge in [-0.25, -0.2) is 0 Å². The number of carbonyl (C=O) groups is 1. The Hall–Kier alpha value is -1.06. The van der Waals surface area contributed by atoms with Crippen LogP contribution in [0.5, 0.6) is 0 Å². The Morgan fingerprint density at radius 3 is 2.89 bits per heavy atom. The largest absolute Gasteiger partial charge is 0.352 e. The third-order valence-corrected chi connectivity index (χ3v) is 3.52. The summed E-state index contributed by atoms with van der Waals surface area (Å²) in [5.74, 6) is 0.113. The molecular weight excluding hydrogens is 248 g/mol. The van der Waals surface area contributed by atoms with Gasteiger partial charge in [-0.2, -0.15) is 0 Å². The van der Waals surface area contributed by atoms with E-state index in [0.717, 1.165) is 30.0 Å². The van der Waals surface area contributed by atoms with E-state index < -0.39 is 0 Å². The van der Waals surface area contributed by atoms with Crippen LogP contribution in [0.3, 0.4) is 0 Å². The number of benzene rings is 1. The van der Waals surface area contributed by atoms with E-state index in [9.17, 15) is 4.79 Å². The SMILES string of the molecule is C[C@@H](C(=O)NC1CC1)N(C)Cc1cccc(Cl)c1. The number of halogens is 1. The lowest BCUT2D eigenvalue weighted by Crippen LogP contribution is -2.43. The van der Waals surface area contributed by atoms with E-state index in [1.807, 2.05) is 43.1 Å². The van der Waals surface area contributed by atoms with Crippen molar-refractivity contribution in [3.63, 3.8) is 0 Å². The molecule has 0 bridgehead atoms. The maximum absolute atomic E-state index is 11.9. The van der Waals surface area contributed by atoms with Crippen molar-refractivity contribution in [2.75, 3.05) is 7.05 Å². The molecule has 4 heteroatoms. The summed E-state index contributed by atoms with van der Waals surface area (Å²) in [6, 6.07) is 8.04. The second-order valence-corrected chi connectivity index (χ2v) is 5.44. The Kier molecular flexibility index (Phi) is 4.25. The van der Waals surface area contributed by atoms with Crippen LogP contribution in [0.1, 0.15) is 25.3 Å². The van der Waals surface area contributed by atoms with Crippen LogP contribution in [0.4, 0.5) is 0 Å². The van der Waals surface area contributed by atoms with Gasteiger partial charge in [-0.15, -0.1) is 0 Å². The van der Waals surface area contributed by atoms with Crippen LogP contribution in [0, 0.1) is 0 Å². The van der Waals surface area contributed by atoms with E-state index in [1.165, 1.54) is 0 Å². The Labute approximate surface area is 113 Å². The molecule has 0 aliphatic heterocycles. The highest BCUT2D eigenvalue weighted by Gasteiger charge is 2.27. The van der Waals surface area contributed by atoms with Gasteiger partial charge in [0.2, 0.25) is 5.91 Å². The molecule has 0 unspecified atom stereocenters. The van der Waals surface area contributed by atoms with Crippen molar-refractivity contribution in [3.05, 3.63) is 34.9 Å². The molecule has 2 rings (SSSR count). The maximum atomic E-state index is 11.9. The van der Waals surface area contributed by atoms with Gasteiger partial charge in [0.1, 0.15) is 0 Å². The minimum absolute atomic E-state index is 0.113. The molecule has 1 atom stereocenters. The highest BCUT2D eigenvalue weighted by Crippen LogP contribution is 2.19. The van der Waals surface area contributed by atoms with E-state index in [4.69, 9.17) is 11.6 Å². The minimum Gasteiger partial charge on any atom is -0.352 e. The fourth-order valence-corrected chi connectivity index (χ4v) is 2.02. The van der Waals surface area contributed by atoms with Crippen LogP contribution < -0.4 is 5.32 Å². The number of carbonyl (C=O) groups excluding carboxylic acids is 1. The molecule has 98 valence electrons. The van der Waals surface area contributed by atoms with Gasteiger partial charge in [0.05, 0.1) is 6.04 Å².